The Bertz CT molecular complexity index is 812. The van der Waals surface area contributed by atoms with Crippen LogP contribution in [0.1, 0.15) is 41.1 Å². The number of carbonyl (C=O) groups is 2. The van der Waals surface area contributed by atoms with Gasteiger partial charge >= 0.3 is 0 Å². The summed E-state index contributed by atoms with van der Waals surface area (Å²) >= 11 is 0. The summed E-state index contributed by atoms with van der Waals surface area (Å²) in [7, 11) is 0. The summed E-state index contributed by atoms with van der Waals surface area (Å²) in [6, 6.07) is 13.1. The number of para-hydroxylation sites is 1. The molecule has 0 spiro atoms. The summed E-state index contributed by atoms with van der Waals surface area (Å²) in [5, 5.41) is 5.68. The molecule has 1 aliphatic carbocycles. The Labute approximate surface area is 140 Å². The Balaban J connectivity index is 1.63. The molecule has 2 amide bonds. The molecule has 2 N–H and O–H groups in total. The number of benzene rings is 2. The first-order valence-electron chi connectivity index (χ1n) is 8.18. The van der Waals surface area contributed by atoms with E-state index in [-0.39, 0.29) is 18.4 Å². The number of ether oxygens (including phenoxy) is 1. The number of fused-ring (bicyclic) bond motifs is 1. The number of hydrogen-bond donors (Lipinski definition) is 2. The zero-order chi connectivity index (χ0) is 16.5. The van der Waals surface area contributed by atoms with Crippen molar-refractivity contribution in [2.75, 3.05) is 17.2 Å². The van der Waals surface area contributed by atoms with Crippen molar-refractivity contribution < 1.29 is 14.3 Å². The number of rotatable bonds is 3. The van der Waals surface area contributed by atoms with Gasteiger partial charge in [0.15, 0.2) is 6.61 Å². The van der Waals surface area contributed by atoms with E-state index in [1.807, 2.05) is 24.3 Å². The van der Waals surface area contributed by atoms with Crippen molar-refractivity contribution in [3.63, 3.8) is 0 Å². The third kappa shape index (κ3) is 2.62. The molecule has 1 fully saturated rings. The van der Waals surface area contributed by atoms with Crippen LogP contribution in [-0.4, -0.2) is 18.4 Å². The van der Waals surface area contributed by atoms with E-state index in [1.54, 1.807) is 18.2 Å². The van der Waals surface area contributed by atoms with E-state index in [1.165, 1.54) is 6.42 Å². The van der Waals surface area contributed by atoms with Crippen molar-refractivity contribution in [1.29, 1.82) is 0 Å². The molecule has 0 unspecified atom stereocenters. The van der Waals surface area contributed by atoms with Crippen LogP contribution in [0.2, 0.25) is 0 Å². The van der Waals surface area contributed by atoms with Gasteiger partial charge in [-0.2, -0.15) is 0 Å². The fourth-order valence-electron chi connectivity index (χ4n) is 3.17. The summed E-state index contributed by atoms with van der Waals surface area (Å²) in [6.07, 6.45) is 3.49. The Morgan fingerprint density at radius 1 is 1.12 bits per heavy atom. The first-order valence-corrected chi connectivity index (χ1v) is 8.18. The molecule has 0 bridgehead atoms. The van der Waals surface area contributed by atoms with E-state index in [0.29, 0.717) is 28.6 Å². The summed E-state index contributed by atoms with van der Waals surface area (Å²) in [6.45, 7) is -0.00505. The molecule has 2 aromatic rings. The van der Waals surface area contributed by atoms with Gasteiger partial charge in [-0.15, -0.1) is 0 Å². The fourth-order valence-corrected chi connectivity index (χ4v) is 3.17. The lowest BCUT2D eigenvalue weighted by Gasteiger charge is -2.27. The van der Waals surface area contributed by atoms with Gasteiger partial charge in [0, 0.05) is 5.56 Å². The SMILES string of the molecule is O=C1COc2cccc(NC(=O)c3ccccc3C3CCC3)c2N1. The highest BCUT2D eigenvalue weighted by Gasteiger charge is 2.25. The van der Waals surface area contributed by atoms with Gasteiger partial charge in [-0.05, 0) is 42.5 Å². The van der Waals surface area contributed by atoms with Gasteiger partial charge < -0.3 is 15.4 Å². The Morgan fingerprint density at radius 2 is 1.96 bits per heavy atom. The molecule has 1 heterocycles. The van der Waals surface area contributed by atoms with E-state index in [0.717, 1.165) is 18.4 Å². The molecule has 0 radical (unpaired) electrons. The van der Waals surface area contributed by atoms with E-state index in [9.17, 15) is 9.59 Å². The third-order valence-corrected chi connectivity index (χ3v) is 4.65. The smallest absolute Gasteiger partial charge is 0.262 e. The zero-order valence-corrected chi connectivity index (χ0v) is 13.2. The molecular formula is C19H18N2O3. The largest absolute Gasteiger partial charge is 0.481 e. The monoisotopic (exact) mass is 322 g/mol. The maximum atomic E-state index is 12.8. The Hall–Kier alpha value is -2.82. The van der Waals surface area contributed by atoms with Crippen LogP contribution in [-0.2, 0) is 4.79 Å². The average Bonchev–Trinajstić information content (AvgIpc) is 2.54. The molecule has 0 aromatic heterocycles. The number of hydrogen-bond acceptors (Lipinski definition) is 3. The molecule has 24 heavy (non-hydrogen) atoms. The van der Waals surface area contributed by atoms with E-state index in [2.05, 4.69) is 10.6 Å². The molecule has 1 saturated carbocycles. The van der Waals surface area contributed by atoms with Gasteiger partial charge in [0.1, 0.15) is 11.4 Å². The van der Waals surface area contributed by atoms with Crippen LogP contribution in [0, 0.1) is 0 Å². The minimum Gasteiger partial charge on any atom is -0.481 e. The summed E-state index contributed by atoms with van der Waals surface area (Å²) in [5.41, 5.74) is 2.87. The molecule has 122 valence electrons. The quantitative estimate of drug-likeness (QED) is 0.908. The van der Waals surface area contributed by atoms with Gasteiger partial charge in [-0.25, -0.2) is 0 Å². The fraction of sp³-hybridized carbons (Fsp3) is 0.263. The van der Waals surface area contributed by atoms with Gasteiger partial charge in [-0.1, -0.05) is 30.7 Å². The Morgan fingerprint density at radius 3 is 2.75 bits per heavy atom. The number of carbonyl (C=O) groups excluding carboxylic acids is 2. The van der Waals surface area contributed by atoms with Gasteiger partial charge in [0.2, 0.25) is 0 Å². The second-order valence-corrected chi connectivity index (χ2v) is 6.18. The molecule has 0 atom stereocenters. The van der Waals surface area contributed by atoms with E-state index in [4.69, 9.17) is 4.74 Å². The van der Waals surface area contributed by atoms with Crippen LogP contribution in [0.4, 0.5) is 11.4 Å². The molecule has 5 nitrogen and oxygen atoms in total. The van der Waals surface area contributed by atoms with Crippen LogP contribution in [0.15, 0.2) is 42.5 Å². The summed E-state index contributed by atoms with van der Waals surface area (Å²) < 4.78 is 5.39. The predicted molar refractivity (Wildman–Crippen MR) is 91.6 cm³/mol. The molecule has 5 heteroatoms. The van der Waals surface area contributed by atoms with Crippen LogP contribution in [0.3, 0.4) is 0 Å². The van der Waals surface area contributed by atoms with Crippen molar-refractivity contribution in [3.05, 3.63) is 53.6 Å². The van der Waals surface area contributed by atoms with Gasteiger partial charge in [0.05, 0.1) is 5.69 Å². The summed E-state index contributed by atoms with van der Waals surface area (Å²) in [4.78, 5) is 24.4. The molecular weight excluding hydrogens is 304 g/mol. The lowest BCUT2D eigenvalue weighted by Crippen LogP contribution is -2.27. The van der Waals surface area contributed by atoms with Crippen LogP contribution in [0.5, 0.6) is 5.75 Å². The van der Waals surface area contributed by atoms with Crippen LogP contribution >= 0.6 is 0 Å². The summed E-state index contributed by atoms with van der Waals surface area (Å²) in [5.74, 6) is 0.657. The third-order valence-electron chi connectivity index (χ3n) is 4.65. The average molecular weight is 322 g/mol. The van der Waals surface area contributed by atoms with Crippen molar-refractivity contribution in [2.45, 2.75) is 25.2 Å². The van der Waals surface area contributed by atoms with Crippen LogP contribution in [0.25, 0.3) is 0 Å². The zero-order valence-electron chi connectivity index (χ0n) is 13.2. The topological polar surface area (TPSA) is 67.4 Å². The lowest BCUT2D eigenvalue weighted by molar-refractivity contribution is -0.118. The molecule has 2 aliphatic rings. The maximum Gasteiger partial charge on any atom is 0.262 e. The second-order valence-electron chi connectivity index (χ2n) is 6.18. The highest BCUT2D eigenvalue weighted by molar-refractivity contribution is 6.09. The van der Waals surface area contributed by atoms with Crippen molar-refractivity contribution in [3.8, 4) is 5.75 Å². The highest BCUT2D eigenvalue weighted by Crippen LogP contribution is 2.39. The minimum atomic E-state index is -0.223. The number of anilines is 2. The second kappa shape index (κ2) is 6.00. The Kier molecular flexibility index (Phi) is 3.69. The standard InChI is InChI=1S/C19H18N2O3/c22-17-11-24-16-10-4-9-15(18(16)21-17)20-19(23)14-8-2-1-7-13(14)12-5-3-6-12/h1-2,4,7-10,12H,3,5-6,11H2,(H,20,23)(H,21,22). The molecule has 0 saturated heterocycles. The molecule has 2 aromatic carbocycles. The van der Waals surface area contributed by atoms with Crippen molar-refractivity contribution in [1.82, 2.24) is 0 Å². The normalized spacial score (nSPS) is 16.4. The first-order chi connectivity index (χ1) is 11.7. The number of nitrogens with one attached hydrogen (secondary N) is 2. The minimum absolute atomic E-state index is 0.00505. The van der Waals surface area contributed by atoms with Crippen molar-refractivity contribution >= 4 is 23.2 Å². The lowest BCUT2D eigenvalue weighted by atomic mass is 9.78. The predicted octanol–water partition coefficient (Wildman–Crippen LogP) is 3.54. The molecule has 1 aliphatic heterocycles. The van der Waals surface area contributed by atoms with Crippen LogP contribution < -0.4 is 15.4 Å². The van der Waals surface area contributed by atoms with Crippen molar-refractivity contribution in [2.24, 2.45) is 0 Å². The molecule has 4 rings (SSSR count). The van der Waals surface area contributed by atoms with E-state index >= 15 is 0 Å². The van der Waals surface area contributed by atoms with Gasteiger partial charge in [0.25, 0.3) is 11.8 Å². The maximum absolute atomic E-state index is 12.8. The highest BCUT2D eigenvalue weighted by atomic mass is 16.5. The van der Waals surface area contributed by atoms with E-state index < -0.39 is 0 Å². The first kappa shape index (κ1) is 14.8. The van der Waals surface area contributed by atoms with Gasteiger partial charge in [-0.3, -0.25) is 9.59 Å². The number of amides is 2.